The topological polar surface area (TPSA) is 21.3 Å². The summed E-state index contributed by atoms with van der Waals surface area (Å²) in [6.07, 6.45) is 10.5. The van der Waals surface area contributed by atoms with Crippen molar-refractivity contribution in [2.75, 3.05) is 13.2 Å². The van der Waals surface area contributed by atoms with E-state index in [9.17, 15) is 0 Å². The van der Waals surface area contributed by atoms with Gasteiger partial charge in [-0.05, 0) is 51.6 Å². The quantitative estimate of drug-likeness (QED) is 0.676. The molecule has 104 valence electrons. The second-order valence-electron chi connectivity index (χ2n) is 5.18. The molecule has 1 fully saturated rings. The average molecular weight is 259 g/mol. The second kappa shape index (κ2) is 8.00. The zero-order chi connectivity index (χ0) is 13.3. The summed E-state index contributed by atoms with van der Waals surface area (Å²) in [5, 5.41) is 3.54. The molecule has 2 heteroatoms. The Morgan fingerprint density at radius 2 is 2.05 bits per heavy atom. The molecular formula is C17H25NO. The highest BCUT2D eigenvalue weighted by atomic mass is 16.5. The number of benzene rings is 1. The maximum absolute atomic E-state index is 5.86. The van der Waals surface area contributed by atoms with Crippen LogP contribution < -0.4 is 10.1 Å². The lowest BCUT2D eigenvalue weighted by atomic mass is 10.2. The van der Waals surface area contributed by atoms with E-state index in [0.717, 1.165) is 24.8 Å². The summed E-state index contributed by atoms with van der Waals surface area (Å²) >= 11 is 0. The van der Waals surface area contributed by atoms with E-state index in [2.05, 4.69) is 17.5 Å². The molecule has 0 atom stereocenters. The molecule has 0 aliphatic heterocycles. The Balaban J connectivity index is 1.59. The van der Waals surface area contributed by atoms with E-state index in [4.69, 9.17) is 4.74 Å². The van der Waals surface area contributed by atoms with Gasteiger partial charge < -0.3 is 10.1 Å². The fraction of sp³-hybridized carbons (Fsp3) is 0.529. The predicted molar refractivity (Wildman–Crippen MR) is 81.5 cm³/mol. The van der Waals surface area contributed by atoms with Crippen molar-refractivity contribution < 1.29 is 4.74 Å². The molecule has 1 aromatic rings. The van der Waals surface area contributed by atoms with Crippen molar-refractivity contribution in [3.05, 3.63) is 35.9 Å². The SMILES string of the molecule is C/C=C/c1ccccc1OCCCCCNC1CC1. The summed E-state index contributed by atoms with van der Waals surface area (Å²) in [5.74, 6) is 0.997. The Hall–Kier alpha value is -1.28. The summed E-state index contributed by atoms with van der Waals surface area (Å²) in [6, 6.07) is 9.05. The number of unbranched alkanes of at least 4 members (excludes halogenated alkanes) is 2. The fourth-order valence-corrected chi connectivity index (χ4v) is 2.11. The number of allylic oxidation sites excluding steroid dienone is 1. The molecule has 0 saturated heterocycles. The molecule has 2 rings (SSSR count). The van der Waals surface area contributed by atoms with E-state index in [1.807, 2.05) is 31.2 Å². The molecule has 1 aromatic carbocycles. The Labute approximate surface area is 116 Å². The van der Waals surface area contributed by atoms with Gasteiger partial charge in [-0.3, -0.25) is 0 Å². The lowest BCUT2D eigenvalue weighted by Gasteiger charge is -2.09. The summed E-state index contributed by atoms with van der Waals surface area (Å²) in [5.41, 5.74) is 1.17. The van der Waals surface area contributed by atoms with Gasteiger partial charge in [-0.25, -0.2) is 0 Å². The largest absolute Gasteiger partial charge is 0.493 e. The zero-order valence-corrected chi connectivity index (χ0v) is 11.9. The standard InChI is InChI=1S/C17H25NO/c1-2-8-15-9-4-5-10-17(15)19-14-7-3-6-13-18-16-11-12-16/h2,4-5,8-10,16,18H,3,6-7,11-14H2,1H3/b8-2+. The third kappa shape index (κ3) is 5.48. The maximum atomic E-state index is 5.86. The third-order valence-corrected chi connectivity index (χ3v) is 3.35. The first-order valence-electron chi connectivity index (χ1n) is 7.48. The van der Waals surface area contributed by atoms with Crippen LogP contribution in [0.4, 0.5) is 0 Å². The number of hydrogen-bond donors (Lipinski definition) is 1. The van der Waals surface area contributed by atoms with Crippen molar-refractivity contribution in [2.24, 2.45) is 0 Å². The molecule has 0 unspecified atom stereocenters. The molecule has 1 saturated carbocycles. The number of rotatable bonds is 9. The minimum Gasteiger partial charge on any atom is -0.493 e. The molecule has 0 spiro atoms. The van der Waals surface area contributed by atoms with Gasteiger partial charge >= 0.3 is 0 Å². The normalized spacial score (nSPS) is 15.0. The van der Waals surface area contributed by atoms with E-state index < -0.39 is 0 Å². The van der Waals surface area contributed by atoms with Crippen LogP contribution >= 0.6 is 0 Å². The van der Waals surface area contributed by atoms with Gasteiger partial charge in [0, 0.05) is 11.6 Å². The first kappa shape index (κ1) is 14.1. The molecule has 0 amide bonds. The molecule has 0 bridgehead atoms. The Bertz CT molecular complexity index is 396. The van der Waals surface area contributed by atoms with Crippen molar-refractivity contribution in [3.8, 4) is 5.75 Å². The Morgan fingerprint density at radius 1 is 1.21 bits per heavy atom. The van der Waals surface area contributed by atoms with Crippen LogP contribution in [0.15, 0.2) is 30.3 Å². The monoisotopic (exact) mass is 259 g/mol. The first-order valence-corrected chi connectivity index (χ1v) is 7.48. The van der Waals surface area contributed by atoms with Gasteiger partial charge in [-0.2, -0.15) is 0 Å². The van der Waals surface area contributed by atoms with Crippen LogP contribution in [0.5, 0.6) is 5.75 Å². The lowest BCUT2D eigenvalue weighted by molar-refractivity contribution is 0.304. The van der Waals surface area contributed by atoms with Crippen LogP contribution in [0.2, 0.25) is 0 Å². The average Bonchev–Trinajstić information content (AvgIpc) is 3.24. The molecule has 19 heavy (non-hydrogen) atoms. The van der Waals surface area contributed by atoms with Crippen LogP contribution in [0.3, 0.4) is 0 Å². The molecule has 1 aliphatic rings. The molecule has 1 aliphatic carbocycles. The highest BCUT2D eigenvalue weighted by Gasteiger charge is 2.19. The van der Waals surface area contributed by atoms with E-state index in [1.165, 1.54) is 37.8 Å². The number of ether oxygens (including phenoxy) is 1. The Kier molecular flexibility index (Phi) is 5.96. The third-order valence-electron chi connectivity index (χ3n) is 3.35. The summed E-state index contributed by atoms with van der Waals surface area (Å²) in [7, 11) is 0. The molecular weight excluding hydrogens is 234 g/mol. The second-order valence-corrected chi connectivity index (χ2v) is 5.18. The van der Waals surface area contributed by atoms with E-state index in [-0.39, 0.29) is 0 Å². The van der Waals surface area contributed by atoms with Gasteiger partial charge in [0.05, 0.1) is 6.61 Å². The smallest absolute Gasteiger partial charge is 0.126 e. The lowest BCUT2D eigenvalue weighted by Crippen LogP contribution is -2.17. The van der Waals surface area contributed by atoms with Gasteiger partial charge in [-0.15, -0.1) is 0 Å². The van der Waals surface area contributed by atoms with Crippen LogP contribution in [0.1, 0.15) is 44.6 Å². The fourth-order valence-electron chi connectivity index (χ4n) is 2.11. The van der Waals surface area contributed by atoms with Crippen LogP contribution in [-0.4, -0.2) is 19.2 Å². The van der Waals surface area contributed by atoms with Crippen molar-refractivity contribution in [3.63, 3.8) is 0 Å². The van der Waals surface area contributed by atoms with Crippen molar-refractivity contribution >= 4 is 6.08 Å². The molecule has 2 nitrogen and oxygen atoms in total. The molecule has 0 radical (unpaired) electrons. The van der Waals surface area contributed by atoms with Gasteiger partial charge in [0.1, 0.15) is 5.75 Å². The van der Waals surface area contributed by atoms with Crippen molar-refractivity contribution in [1.82, 2.24) is 5.32 Å². The number of para-hydroxylation sites is 1. The minimum absolute atomic E-state index is 0.817. The minimum atomic E-state index is 0.817. The van der Waals surface area contributed by atoms with Gasteiger partial charge in [0.15, 0.2) is 0 Å². The summed E-state index contributed by atoms with van der Waals surface area (Å²) in [6.45, 7) is 4.02. The van der Waals surface area contributed by atoms with Crippen LogP contribution in [-0.2, 0) is 0 Å². The molecule has 1 N–H and O–H groups in total. The zero-order valence-electron chi connectivity index (χ0n) is 11.9. The molecule has 0 heterocycles. The van der Waals surface area contributed by atoms with Gasteiger partial charge in [0.2, 0.25) is 0 Å². The highest BCUT2D eigenvalue weighted by molar-refractivity contribution is 5.56. The molecule has 0 aromatic heterocycles. The van der Waals surface area contributed by atoms with Crippen molar-refractivity contribution in [1.29, 1.82) is 0 Å². The predicted octanol–water partition coefficient (Wildman–Crippen LogP) is 4.02. The van der Waals surface area contributed by atoms with Crippen LogP contribution in [0.25, 0.3) is 6.08 Å². The van der Waals surface area contributed by atoms with Gasteiger partial charge in [-0.1, -0.05) is 30.4 Å². The van der Waals surface area contributed by atoms with Gasteiger partial charge in [0.25, 0.3) is 0 Å². The highest BCUT2D eigenvalue weighted by Crippen LogP contribution is 2.20. The van der Waals surface area contributed by atoms with E-state index in [1.54, 1.807) is 0 Å². The van der Waals surface area contributed by atoms with Crippen LogP contribution in [0, 0.1) is 0 Å². The maximum Gasteiger partial charge on any atom is 0.126 e. The van der Waals surface area contributed by atoms with E-state index >= 15 is 0 Å². The number of hydrogen-bond acceptors (Lipinski definition) is 2. The van der Waals surface area contributed by atoms with E-state index in [0.29, 0.717) is 0 Å². The Morgan fingerprint density at radius 3 is 2.84 bits per heavy atom. The van der Waals surface area contributed by atoms with Crippen molar-refractivity contribution in [2.45, 2.75) is 45.1 Å². The number of nitrogens with one attached hydrogen (secondary N) is 1. The summed E-state index contributed by atoms with van der Waals surface area (Å²) in [4.78, 5) is 0. The first-order chi connectivity index (χ1) is 9.40. The summed E-state index contributed by atoms with van der Waals surface area (Å²) < 4.78 is 5.86.